The van der Waals surface area contributed by atoms with Gasteiger partial charge in [0.05, 0.1) is 0 Å². The van der Waals surface area contributed by atoms with Gasteiger partial charge in [0.2, 0.25) is 0 Å². The fourth-order valence-electron chi connectivity index (χ4n) is 2.92. The average Bonchev–Trinajstić information content (AvgIpc) is 2.55. The number of aliphatic carboxylic acids is 1. The zero-order valence-electron chi connectivity index (χ0n) is 13.9. The number of carbonyl (C=O) groups is 1. The topological polar surface area (TPSA) is 61.4 Å². The first kappa shape index (κ1) is 18.0. The highest BCUT2D eigenvalue weighted by Gasteiger charge is 2.19. The van der Waals surface area contributed by atoms with E-state index in [-0.39, 0.29) is 0 Å². The lowest BCUT2D eigenvalue weighted by molar-refractivity contribution is -0.139. The third-order valence-corrected chi connectivity index (χ3v) is 4.92. The lowest BCUT2D eigenvalue weighted by Gasteiger charge is -2.24. The summed E-state index contributed by atoms with van der Waals surface area (Å²) < 4.78 is 0. The van der Waals surface area contributed by atoms with Crippen molar-refractivity contribution < 1.29 is 9.90 Å². The SMILES string of the molecule is CSCCC(NCC1=C(c2ccccc2C)CNCC1)C(=O)O. The molecule has 0 saturated carbocycles. The van der Waals surface area contributed by atoms with Gasteiger partial charge in [-0.15, -0.1) is 0 Å². The zero-order valence-corrected chi connectivity index (χ0v) is 14.7. The van der Waals surface area contributed by atoms with Crippen LogP contribution in [0.3, 0.4) is 0 Å². The van der Waals surface area contributed by atoms with Gasteiger partial charge in [-0.25, -0.2) is 0 Å². The summed E-state index contributed by atoms with van der Waals surface area (Å²) in [5.74, 6) is 0.0981. The van der Waals surface area contributed by atoms with Gasteiger partial charge in [0.1, 0.15) is 6.04 Å². The second kappa shape index (κ2) is 9.11. The molecule has 0 saturated heterocycles. The Morgan fingerprint density at radius 1 is 1.43 bits per heavy atom. The number of rotatable bonds is 8. The smallest absolute Gasteiger partial charge is 0.320 e. The molecule has 0 amide bonds. The molecule has 0 spiro atoms. The number of hydrogen-bond acceptors (Lipinski definition) is 4. The molecule has 1 atom stereocenters. The van der Waals surface area contributed by atoms with Gasteiger partial charge < -0.3 is 15.7 Å². The van der Waals surface area contributed by atoms with Crippen LogP contribution in [0.25, 0.3) is 5.57 Å². The van der Waals surface area contributed by atoms with E-state index in [1.807, 2.05) is 6.26 Å². The van der Waals surface area contributed by atoms with Gasteiger partial charge in [0.15, 0.2) is 0 Å². The number of aryl methyl sites for hydroxylation is 1. The van der Waals surface area contributed by atoms with Crippen molar-refractivity contribution in [2.24, 2.45) is 0 Å². The second-order valence-corrected chi connectivity index (χ2v) is 6.86. The highest BCUT2D eigenvalue weighted by Crippen LogP contribution is 2.25. The molecule has 0 aromatic heterocycles. The quantitative estimate of drug-likeness (QED) is 0.682. The van der Waals surface area contributed by atoms with Gasteiger partial charge in [0, 0.05) is 13.1 Å². The molecular weight excluding hydrogens is 308 g/mol. The molecule has 4 nitrogen and oxygen atoms in total. The van der Waals surface area contributed by atoms with Crippen LogP contribution in [0.15, 0.2) is 29.8 Å². The molecule has 1 aliphatic rings. The summed E-state index contributed by atoms with van der Waals surface area (Å²) in [5, 5.41) is 16.0. The van der Waals surface area contributed by atoms with E-state index in [4.69, 9.17) is 0 Å². The molecule has 23 heavy (non-hydrogen) atoms. The van der Waals surface area contributed by atoms with Crippen LogP contribution in [0.5, 0.6) is 0 Å². The Morgan fingerprint density at radius 3 is 2.91 bits per heavy atom. The standard InChI is InChI=1S/C18H26N2O2S/c1-13-5-3-4-6-15(13)16-12-19-9-7-14(16)11-20-17(18(21)22)8-10-23-2/h3-6,17,19-20H,7-12H2,1-2H3,(H,21,22). The van der Waals surface area contributed by atoms with Crippen molar-refractivity contribution in [3.8, 4) is 0 Å². The lowest BCUT2D eigenvalue weighted by Crippen LogP contribution is -2.39. The average molecular weight is 334 g/mol. The van der Waals surface area contributed by atoms with Crippen LogP contribution in [0.1, 0.15) is 24.0 Å². The number of thioether (sulfide) groups is 1. The molecule has 0 radical (unpaired) electrons. The van der Waals surface area contributed by atoms with Crippen molar-refractivity contribution in [3.05, 3.63) is 41.0 Å². The van der Waals surface area contributed by atoms with Crippen LogP contribution >= 0.6 is 11.8 Å². The van der Waals surface area contributed by atoms with Crippen LogP contribution in [0.4, 0.5) is 0 Å². The Labute approximate surface area is 142 Å². The Kier molecular flexibility index (Phi) is 7.15. The first-order valence-corrected chi connectivity index (χ1v) is 9.45. The lowest BCUT2D eigenvalue weighted by atomic mass is 9.92. The first-order chi connectivity index (χ1) is 11.1. The number of nitrogens with one attached hydrogen (secondary N) is 2. The molecule has 0 bridgehead atoms. The first-order valence-electron chi connectivity index (χ1n) is 8.06. The van der Waals surface area contributed by atoms with Crippen LogP contribution in [-0.4, -0.2) is 48.8 Å². The molecule has 1 aromatic carbocycles. The zero-order chi connectivity index (χ0) is 16.7. The molecule has 1 aliphatic heterocycles. The van der Waals surface area contributed by atoms with E-state index in [1.54, 1.807) is 11.8 Å². The Morgan fingerprint density at radius 2 is 2.22 bits per heavy atom. The van der Waals surface area contributed by atoms with Crippen molar-refractivity contribution in [2.45, 2.75) is 25.8 Å². The summed E-state index contributed by atoms with van der Waals surface area (Å²) in [6.07, 6.45) is 3.62. The van der Waals surface area contributed by atoms with Gasteiger partial charge in [-0.3, -0.25) is 4.79 Å². The molecule has 1 aromatic rings. The van der Waals surface area contributed by atoms with E-state index in [2.05, 4.69) is 41.8 Å². The highest BCUT2D eigenvalue weighted by molar-refractivity contribution is 7.98. The maximum absolute atomic E-state index is 11.4. The molecule has 1 heterocycles. The minimum Gasteiger partial charge on any atom is -0.480 e. The monoisotopic (exact) mass is 334 g/mol. The third kappa shape index (κ3) is 5.09. The van der Waals surface area contributed by atoms with Gasteiger partial charge in [-0.05, 0) is 55.0 Å². The summed E-state index contributed by atoms with van der Waals surface area (Å²) >= 11 is 1.68. The summed E-state index contributed by atoms with van der Waals surface area (Å²) in [7, 11) is 0. The van der Waals surface area contributed by atoms with Crippen molar-refractivity contribution in [2.75, 3.05) is 31.6 Å². The molecule has 0 fully saturated rings. The third-order valence-electron chi connectivity index (χ3n) is 4.27. The van der Waals surface area contributed by atoms with Crippen LogP contribution in [0, 0.1) is 6.92 Å². The second-order valence-electron chi connectivity index (χ2n) is 5.88. The Bertz CT molecular complexity index is 572. The van der Waals surface area contributed by atoms with Crippen molar-refractivity contribution >= 4 is 23.3 Å². The maximum Gasteiger partial charge on any atom is 0.320 e. The van der Waals surface area contributed by atoms with Crippen LogP contribution in [-0.2, 0) is 4.79 Å². The normalized spacial score (nSPS) is 16.4. The fraction of sp³-hybridized carbons (Fsp3) is 0.500. The van der Waals surface area contributed by atoms with Crippen molar-refractivity contribution in [1.82, 2.24) is 10.6 Å². The summed E-state index contributed by atoms with van der Waals surface area (Å²) in [5.41, 5.74) is 5.18. The molecule has 2 rings (SSSR count). The van der Waals surface area contributed by atoms with Gasteiger partial charge in [0.25, 0.3) is 0 Å². The minimum atomic E-state index is -0.758. The molecule has 0 aliphatic carbocycles. The van der Waals surface area contributed by atoms with Gasteiger partial charge in [-0.2, -0.15) is 11.8 Å². The van der Waals surface area contributed by atoms with E-state index in [0.29, 0.717) is 13.0 Å². The van der Waals surface area contributed by atoms with Crippen LogP contribution < -0.4 is 10.6 Å². The fourth-order valence-corrected chi connectivity index (χ4v) is 3.39. The minimum absolute atomic E-state index is 0.469. The van der Waals surface area contributed by atoms with Gasteiger partial charge in [-0.1, -0.05) is 29.8 Å². The Hall–Kier alpha value is -1.30. The van der Waals surface area contributed by atoms with Gasteiger partial charge >= 0.3 is 5.97 Å². The van der Waals surface area contributed by atoms with Crippen LogP contribution in [0.2, 0.25) is 0 Å². The molecule has 3 N–H and O–H groups in total. The molecule has 1 unspecified atom stereocenters. The highest BCUT2D eigenvalue weighted by atomic mass is 32.2. The maximum atomic E-state index is 11.4. The van der Waals surface area contributed by atoms with Crippen molar-refractivity contribution in [1.29, 1.82) is 0 Å². The molecular formula is C18H26N2O2S. The number of carboxylic acids is 1. The predicted octanol–water partition coefficient (Wildman–Crippen LogP) is 2.54. The summed E-state index contributed by atoms with van der Waals surface area (Å²) in [6, 6.07) is 7.92. The van der Waals surface area contributed by atoms with E-state index in [1.165, 1.54) is 22.3 Å². The number of benzene rings is 1. The largest absolute Gasteiger partial charge is 0.480 e. The van der Waals surface area contributed by atoms with E-state index in [9.17, 15) is 9.90 Å². The molecule has 126 valence electrons. The van der Waals surface area contributed by atoms with Crippen molar-refractivity contribution in [3.63, 3.8) is 0 Å². The number of carboxylic acid groups (broad SMARTS) is 1. The number of hydrogen-bond donors (Lipinski definition) is 3. The van der Waals surface area contributed by atoms with E-state index in [0.717, 1.165) is 25.3 Å². The Balaban J connectivity index is 2.14. The van der Waals surface area contributed by atoms with E-state index < -0.39 is 12.0 Å². The van der Waals surface area contributed by atoms with E-state index >= 15 is 0 Å². The molecule has 5 heteroatoms. The predicted molar refractivity (Wildman–Crippen MR) is 98.0 cm³/mol. The summed E-state index contributed by atoms with van der Waals surface area (Å²) in [4.78, 5) is 11.4. The summed E-state index contributed by atoms with van der Waals surface area (Å²) in [6.45, 7) is 4.58.